The second kappa shape index (κ2) is 20.6. The second-order valence-corrected chi connectivity index (χ2v) is 24.5. The molecule has 3 aliphatic carbocycles. The van der Waals surface area contributed by atoms with Crippen molar-refractivity contribution in [3.05, 3.63) is 215 Å². The van der Waals surface area contributed by atoms with Crippen LogP contribution in [-0.4, -0.2) is 124 Å². The van der Waals surface area contributed by atoms with E-state index in [0.717, 1.165) is 123 Å². The van der Waals surface area contributed by atoms with E-state index in [1.807, 2.05) is 131 Å². The van der Waals surface area contributed by atoms with Crippen LogP contribution in [0.1, 0.15) is 114 Å². The van der Waals surface area contributed by atoms with Gasteiger partial charge >= 0.3 is 0 Å². The minimum atomic E-state index is -1.15. The third-order valence-corrected chi connectivity index (χ3v) is 18.8. The molecule has 13 unspecified atom stereocenters. The van der Waals surface area contributed by atoms with E-state index in [-0.39, 0.29) is 48.8 Å². The van der Waals surface area contributed by atoms with Gasteiger partial charge in [0.15, 0.2) is 11.6 Å². The third kappa shape index (κ3) is 8.49. The minimum absolute atomic E-state index is 0.0588. The van der Waals surface area contributed by atoms with E-state index in [1.165, 1.54) is 5.39 Å². The first-order chi connectivity index (χ1) is 41.8. The second-order valence-electron chi connectivity index (χ2n) is 24.5. The summed E-state index contributed by atoms with van der Waals surface area (Å²) in [5, 5.41) is 48.8. The number of rotatable bonds is 7. The summed E-state index contributed by atoms with van der Waals surface area (Å²) in [5.74, 6) is -3.65. The zero-order chi connectivity index (χ0) is 58.9. The van der Waals surface area contributed by atoms with E-state index in [4.69, 9.17) is 18.9 Å². The Morgan fingerprint density at radius 1 is 0.430 bits per heavy atom. The number of nitrogens with one attached hydrogen (secondary N) is 6. The molecule has 436 valence electrons. The van der Waals surface area contributed by atoms with Crippen LogP contribution in [0.5, 0.6) is 0 Å². The largest absolute Gasteiger partial charge is 0.394 e. The molecule has 0 radical (unpaired) electrons. The number of benzene rings is 6. The first-order valence-electron chi connectivity index (χ1n) is 29.5. The summed E-state index contributed by atoms with van der Waals surface area (Å²) >= 11 is 0. The molecule has 17 rings (SSSR count). The summed E-state index contributed by atoms with van der Waals surface area (Å²) in [6, 6.07) is 48.4. The molecule has 13 atom stereocenters. The van der Waals surface area contributed by atoms with Gasteiger partial charge in [0.1, 0.15) is 30.9 Å². The summed E-state index contributed by atoms with van der Waals surface area (Å²) in [4.78, 5) is 44.7. The van der Waals surface area contributed by atoms with Gasteiger partial charge in [0.25, 0.3) is 0 Å². The summed E-state index contributed by atoms with van der Waals surface area (Å²) in [7, 11) is 0. The van der Waals surface area contributed by atoms with Crippen LogP contribution in [0.3, 0.4) is 0 Å². The van der Waals surface area contributed by atoms with E-state index in [9.17, 15) is 30.0 Å². The van der Waals surface area contributed by atoms with Gasteiger partial charge in [-0.05, 0) is 97.5 Å². The average Bonchev–Trinajstić information content (AvgIpc) is 1.57. The molecule has 8 heterocycles. The molecule has 86 heavy (non-hydrogen) atoms. The van der Waals surface area contributed by atoms with Crippen molar-refractivity contribution >= 4 is 78.0 Å². The Morgan fingerprint density at radius 2 is 0.767 bits per heavy atom. The molecular weight excluding hydrogens is 1080 g/mol. The predicted molar refractivity (Wildman–Crippen MR) is 328 cm³/mol. The van der Waals surface area contributed by atoms with Crippen molar-refractivity contribution in [2.45, 2.75) is 118 Å². The van der Waals surface area contributed by atoms with Crippen molar-refractivity contribution in [2.24, 2.45) is 0 Å². The molecule has 10 N–H and O–H groups in total. The van der Waals surface area contributed by atoms with Crippen LogP contribution in [0.15, 0.2) is 164 Å². The fourth-order valence-electron chi connectivity index (χ4n) is 15.4. The van der Waals surface area contributed by atoms with E-state index >= 15 is 0 Å². The van der Waals surface area contributed by atoms with Gasteiger partial charge in [0.2, 0.25) is 0 Å². The van der Waals surface area contributed by atoms with E-state index in [1.54, 1.807) is 0 Å². The highest BCUT2D eigenvalue weighted by Gasteiger charge is 2.57. The van der Waals surface area contributed by atoms with Crippen LogP contribution < -0.4 is 0 Å². The van der Waals surface area contributed by atoms with Crippen LogP contribution in [0, 0.1) is 0 Å². The van der Waals surface area contributed by atoms with Gasteiger partial charge in [-0.3, -0.25) is 0 Å². The van der Waals surface area contributed by atoms with Crippen molar-refractivity contribution < 1.29 is 49.0 Å². The number of carbonyl (C=O) groups excluding carboxylic acids is 2. The van der Waals surface area contributed by atoms with Crippen LogP contribution in [-0.2, 0) is 28.5 Å². The molecular formula is C70H66N6O10. The lowest BCUT2D eigenvalue weighted by Gasteiger charge is -2.39. The number of para-hydroxylation sites is 6. The fraction of sp³-hybridized carbons (Fsp3) is 0.286. The van der Waals surface area contributed by atoms with E-state index in [0.29, 0.717) is 0 Å². The highest BCUT2D eigenvalue weighted by atomic mass is 16.8. The third-order valence-electron chi connectivity index (χ3n) is 18.8. The Hall–Kier alpha value is -8.42. The number of aromatic amines is 6. The predicted octanol–water partition coefficient (Wildman–Crippen LogP) is 11.1. The first-order valence-corrected chi connectivity index (χ1v) is 29.5. The molecule has 6 aromatic heterocycles. The summed E-state index contributed by atoms with van der Waals surface area (Å²) in [6.45, 7) is 7.32. The van der Waals surface area contributed by atoms with Gasteiger partial charge in [-0.15, -0.1) is 0 Å². The zero-order valence-electron chi connectivity index (χ0n) is 47.7. The van der Waals surface area contributed by atoms with Crippen molar-refractivity contribution in [3.63, 3.8) is 0 Å². The monoisotopic (exact) mass is 1150 g/mol. The number of carbonyl (C=O) groups is 2. The zero-order valence-corrected chi connectivity index (χ0v) is 47.7. The summed E-state index contributed by atoms with van der Waals surface area (Å²) in [6.07, 6.45) is 3.30. The van der Waals surface area contributed by atoms with Gasteiger partial charge in [-0.1, -0.05) is 109 Å². The topological polar surface area (TPSA) is 247 Å². The lowest BCUT2D eigenvalue weighted by molar-refractivity contribution is -0.151. The molecule has 2 aliphatic heterocycles. The molecule has 0 bridgehead atoms. The Labute approximate surface area is 493 Å². The number of aldehydes is 2. The van der Waals surface area contributed by atoms with Crippen LogP contribution >= 0.6 is 0 Å². The van der Waals surface area contributed by atoms with Gasteiger partial charge in [0, 0.05) is 107 Å². The molecule has 2 saturated heterocycles. The number of fused-ring (bicyclic) bond motifs is 14. The number of hydrogen-bond acceptors (Lipinski definition) is 10. The summed E-state index contributed by atoms with van der Waals surface area (Å²) in [5.41, 5.74) is 15.0. The average molecular weight is 1150 g/mol. The molecule has 2 fully saturated rings. The SMILES string of the molecule is CC1(C)OC2C(C=O)c3c([nH]c4ccccc34)C(c3c[nH]c4ccccc34)C2O1.CC1(C)OC2C(c3c[nH]c4ccccc34)c3[nH]c4ccccc4c3C(C(O)CO)C2O1.O=CC1c2c([nH]c3ccccc23)C(c2c[nH]c3ccccc23)C(O)C1O. The maximum atomic E-state index is 12.3. The molecule has 0 spiro atoms. The quantitative estimate of drug-likeness (QED) is 0.0676. The van der Waals surface area contributed by atoms with Crippen molar-refractivity contribution in [1.29, 1.82) is 0 Å². The van der Waals surface area contributed by atoms with Gasteiger partial charge in [-0.2, -0.15) is 0 Å². The molecule has 0 saturated carbocycles. The lowest BCUT2D eigenvalue weighted by Crippen LogP contribution is -2.45. The van der Waals surface area contributed by atoms with E-state index < -0.39 is 47.6 Å². The number of aromatic nitrogens is 6. The van der Waals surface area contributed by atoms with Crippen LogP contribution in [0.4, 0.5) is 0 Å². The normalized spacial score (nSPS) is 27.2. The smallest absolute Gasteiger partial charge is 0.163 e. The van der Waals surface area contributed by atoms with Gasteiger partial charge in [0.05, 0.1) is 60.6 Å². The molecule has 16 nitrogen and oxygen atoms in total. The number of H-pyrrole nitrogens is 6. The Balaban J connectivity index is 0.000000109. The molecule has 16 heteroatoms. The van der Waals surface area contributed by atoms with Crippen molar-refractivity contribution in [3.8, 4) is 0 Å². The minimum Gasteiger partial charge on any atom is -0.394 e. The molecule has 6 aromatic carbocycles. The Morgan fingerprint density at radius 3 is 1.21 bits per heavy atom. The van der Waals surface area contributed by atoms with Crippen molar-refractivity contribution in [1.82, 2.24) is 29.9 Å². The Bertz CT molecular complexity index is 4560. The van der Waals surface area contributed by atoms with E-state index in [2.05, 4.69) is 90.8 Å². The lowest BCUT2D eigenvalue weighted by atomic mass is 9.71. The molecule has 12 aromatic rings. The highest BCUT2D eigenvalue weighted by Crippen LogP contribution is 2.56. The Kier molecular flexibility index (Phi) is 13.0. The number of ether oxygens (including phenoxy) is 4. The standard InChI is InChI=1S/C25H26N2O4.C24H22N2O3.C21H18N2O3/c1-25(2)30-23-20(15-11-26-16-9-5-3-7-13(15)16)22-19(14-8-4-6-10-17(14)27-22)21(18(29)12-28)24(23)31-25;1-24(2)28-22-16(12-27)19-14-8-4-6-10-18(14)26-21(19)20(23(22)29-24)15-11-25-17-9-5-3-7-13(15)17;24-10-14-17-12-6-2-4-8-16(12)23-19(17)18(21(26)20(14)25)13-9-22-15-7-3-1-5-11(13)15/h3-11,18,20-21,23-24,26-29H,12H2,1-2H3;3-12,16,20,22-23,25-26H,1-2H3;1-10,14,18,20-23,25-26H. The molecule has 5 aliphatic rings. The van der Waals surface area contributed by atoms with Gasteiger partial charge in [-0.25, -0.2) is 0 Å². The number of aliphatic hydroxyl groups is 4. The van der Waals surface area contributed by atoms with Crippen LogP contribution in [0.2, 0.25) is 0 Å². The number of aliphatic hydroxyl groups excluding tert-OH is 4. The van der Waals surface area contributed by atoms with Crippen LogP contribution in [0.25, 0.3) is 65.4 Å². The maximum Gasteiger partial charge on any atom is 0.163 e. The number of hydrogen-bond donors (Lipinski definition) is 10. The maximum absolute atomic E-state index is 12.3. The molecule has 0 amide bonds. The summed E-state index contributed by atoms with van der Waals surface area (Å²) < 4.78 is 25.6. The van der Waals surface area contributed by atoms with Crippen molar-refractivity contribution in [2.75, 3.05) is 6.61 Å². The fourth-order valence-corrected chi connectivity index (χ4v) is 15.4. The highest BCUT2D eigenvalue weighted by molar-refractivity contribution is 5.94. The van der Waals surface area contributed by atoms with Gasteiger partial charge < -0.3 is 78.9 Å². The first kappa shape index (κ1) is 54.2.